The number of para-hydroxylation sites is 2. The quantitative estimate of drug-likeness (QED) is 0.819. The fourth-order valence-corrected chi connectivity index (χ4v) is 4.92. The standard InChI is InChI=1S/C24H27N3O4/c1-3-30-22-10-6-8-18-20-15-19(17-7-4-5-9-21(17)29)25-27(20)24(31-23(18)22)11-13-26(14-12-24)16(2)28/h4-10,20,29H,3,11-15H2,1-2H3/t20-/m0/s1. The molecule has 5 rings (SSSR count). The van der Waals surface area contributed by atoms with Crippen molar-refractivity contribution in [1.82, 2.24) is 9.91 Å². The first-order chi connectivity index (χ1) is 15.0. The molecule has 162 valence electrons. The number of phenolic OH excluding ortho intramolecular Hbond substituents is 1. The van der Waals surface area contributed by atoms with Crippen molar-refractivity contribution in [3.05, 3.63) is 53.6 Å². The van der Waals surface area contributed by atoms with Crippen molar-refractivity contribution < 1.29 is 19.4 Å². The van der Waals surface area contributed by atoms with Gasteiger partial charge in [-0.2, -0.15) is 5.10 Å². The van der Waals surface area contributed by atoms with Crippen molar-refractivity contribution in [2.75, 3.05) is 19.7 Å². The minimum atomic E-state index is -0.650. The van der Waals surface area contributed by atoms with Gasteiger partial charge in [0.15, 0.2) is 11.5 Å². The van der Waals surface area contributed by atoms with Gasteiger partial charge in [-0.1, -0.05) is 24.3 Å². The highest BCUT2D eigenvalue weighted by Crippen LogP contribution is 2.53. The number of hydrogen-bond acceptors (Lipinski definition) is 6. The van der Waals surface area contributed by atoms with Crippen molar-refractivity contribution in [3.63, 3.8) is 0 Å². The number of hydrazone groups is 1. The highest BCUT2D eigenvalue weighted by atomic mass is 16.6. The van der Waals surface area contributed by atoms with E-state index in [1.54, 1.807) is 13.0 Å². The smallest absolute Gasteiger partial charge is 0.219 e. The number of aromatic hydroxyl groups is 1. The third-order valence-electron chi connectivity index (χ3n) is 6.49. The highest BCUT2D eigenvalue weighted by Gasteiger charge is 2.53. The molecular weight excluding hydrogens is 394 g/mol. The van der Waals surface area contributed by atoms with E-state index in [0.29, 0.717) is 39.0 Å². The van der Waals surface area contributed by atoms with Crippen LogP contribution in [0.15, 0.2) is 47.6 Å². The van der Waals surface area contributed by atoms with Crippen LogP contribution in [0.3, 0.4) is 0 Å². The van der Waals surface area contributed by atoms with E-state index in [-0.39, 0.29) is 17.7 Å². The molecule has 31 heavy (non-hydrogen) atoms. The first-order valence-corrected chi connectivity index (χ1v) is 10.9. The average molecular weight is 421 g/mol. The number of phenols is 1. The third-order valence-corrected chi connectivity index (χ3v) is 6.49. The Morgan fingerprint density at radius 1 is 1.23 bits per heavy atom. The van der Waals surface area contributed by atoms with E-state index in [4.69, 9.17) is 14.6 Å². The zero-order valence-electron chi connectivity index (χ0n) is 17.9. The SMILES string of the molecule is CCOc1cccc2c1OC1(CCN(C(C)=O)CC1)N1N=C(c3ccccc3O)C[C@@H]21. The predicted octanol–water partition coefficient (Wildman–Crippen LogP) is 3.67. The number of carbonyl (C=O) groups excluding carboxylic acids is 1. The number of nitrogens with zero attached hydrogens (tertiary/aromatic N) is 3. The summed E-state index contributed by atoms with van der Waals surface area (Å²) in [5.41, 5.74) is 1.98. The summed E-state index contributed by atoms with van der Waals surface area (Å²) < 4.78 is 12.6. The summed E-state index contributed by atoms with van der Waals surface area (Å²) in [6.45, 7) is 5.36. The zero-order valence-corrected chi connectivity index (χ0v) is 17.9. The van der Waals surface area contributed by atoms with E-state index in [1.807, 2.05) is 42.2 Å². The Hall–Kier alpha value is -3.22. The van der Waals surface area contributed by atoms with Gasteiger partial charge >= 0.3 is 0 Å². The molecular formula is C24H27N3O4. The van der Waals surface area contributed by atoms with Gasteiger partial charge in [-0.25, -0.2) is 5.01 Å². The second-order valence-electron chi connectivity index (χ2n) is 8.29. The first-order valence-electron chi connectivity index (χ1n) is 10.9. The largest absolute Gasteiger partial charge is 0.507 e. The molecule has 1 N–H and O–H groups in total. The Labute approximate surface area is 181 Å². The number of hydrogen-bond donors (Lipinski definition) is 1. The number of piperidine rings is 1. The van der Waals surface area contributed by atoms with Gasteiger partial charge in [-0.15, -0.1) is 0 Å². The normalized spacial score (nSPS) is 21.2. The van der Waals surface area contributed by atoms with Crippen LogP contribution >= 0.6 is 0 Å². The summed E-state index contributed by atoms with van der Waals surface area (Å²) in [4.78, 5) is 13.8. The molecule has 0 saturated carbocycles. The summed E-state index contributed by atoms with van der Waals surface area (Å²) in [5, 5.41) is 17.5. The van der Waals surface area contributed by atoms with E-state index in [0.717, 1.165) is 28.3 Å². The second kappa shape index (κ2) is 7.48. The number of amides is 1. The molecule has 1 spiro atoms. The number of ether oxygens (including phenoxy) is 2. The monoisotopic (exact) mass is 421 g/mol. The van der Waals surface area contributed by atoms with Gasteiger partial charge in [0.1, 0.15) is 5.75 Å². The summed E-state index contributed by atoms with van der Waals surface area (Å²) in [5.74, 6) is 1.82. The van der Waals surface area contributed by atoms with Crippen LogP contribution in [-0.2, 0) is 4.79 Å². The van der Waals surface area contributed by atoms with Crippen LogP contribution < -0.4 is 9.47 Å². The molecule has 1 saturated heterocycles. The fourth-order valence-electron chi connectivity index (χ4n) is 4.92. The van der Waals surface area contributed by atoms with Gasteiger partial charge in [0.25, 0.3) is 0 Å². The molecule has 2 aromatic carbocycles. The minimum Gasteiger partial charge on any atom is -0.507 e. The van der Waals surface area contributed by atoms with E-state index < -0.39 is 5.72 Å². The Kier molecular flexibility index (Phi) is 4.76. The maximum atomic E-state index is 11.9. The predicted molar refractivity (Wildman–Crippen MR) is 116 cm³/mol. The van der Waals surface area contributed by atoms with Gasteiger partial charge in [0.05, 0.1) is 18.4 Å². The summed E-state index contributed by atoms with van der Waals surface area (Å²) in [6, 6.07) is 13.3. The molecule has 0 radical (unpaired) electrons. The van der Waals surface area contributed by atoms with Gasteiger partial charge in [0, 0.05) is 50.4 Å². The Bertz CT molecular complexity index is 1040. The molecule has 1 amide bonds. The van der Waals surface area contributed by atoms with Crippen molar-refractivity contribution in [3.8, 4) is 17.2 Å². The molecule has 0 aliphatic carbocycles. The van der Waals surface area contributed by atoms with Gasteiger partial charge in [0.2, 0.25) is 11.6 Å². The third kappa shape index (κ3) is 3.19. The minimum absolute atomic E-state index is 0.0114. The lowest BCUT2D eigenvalue weighted by Gasteiger charge is -2.51. The molecule has 0 bridgehead atoms. The highest BCUT2D eigenvalue weighted by molar-refractivity contribution is 6.04. The molecule has 0 aromatic heterocycles. The van der Waals surface area contributed by atoms with E-state index >= 15 is 0 Å². The van der Waals surface area contributed by atoms with Crippen LogP contribution in [0.25, 0.3) is 0 Å². The van der Waals surface area contributed by atoms with Gasteiger partial charge < -0.3 is 19.5 Å². The van der Waals surface area contributed by atoms with E-state index in [1.165, 1.54) is 0 Å². The molecule has 3 aliphatic rings. The molecule has 0 unspecified atom stereocenters. The molecule has 1 atom stereocenters. The number of carbonyl (C=O) groups is 1. The van der Waals surface area contributed by atoms with Crippen LogP contribution in [0.1, 0.15) is 50.3 Å². The molecule has 3 heterocycles. The average Bonchev–Trinajstić information content (AvgIpc) is 3.22. The van der Waals surface area contributed by atoms with Crippen molar-refractivity contribution >= 4 is 11.6 Å². The van der Waals surface area contributed by atoms with Crippen molar-refractivity contribution in [2.45, 2.75) is 44.9 Å². The molecule has 2 aromatic rings. The van der Waals surface area contributed by atoms with Crippen LogP contribution in [0.2, 0.25) is 0 Å². The van der Waals surface area contributed by atoms with Crippen molar-refractivity contribution in [2.24, 2.45) is 5.10 Å². The van der Waals surface area contributed by atoms with Crippen LogP contribution in [0, 0.1) is 0 Å². The van der Waals surface area contributed by atoms with Crippen LogP contribution in [0.5, 0.6) is 17.2 Å². The lowest BCUT2D eigenvalue weighted by atomic mass is 9.90. The van der Waals surface area contributed by atoms with Gasteiger partial charge in [-0.3, -0.25) is 4.79 Å². The topological polar surface area (TPSA) is 74.6 Å². The number of fused-ring (bicyclic) bond motifs is 4. The summed E-state index contributed by atoms with van der Waals surface area (Å²) in [6.07, 6.45) is 1.97. The number of rotatable bonds is 3. The van der Waals surface area contributed by atoms with Crippen LogP contribution in [-0.4, -0.2) is 52.1 Å². The Morgan fingerprint density at radius 2 is 2.00 bits per heavy atom. The lowest BCUT2D eigenvalue weighted by molar-refractivity contribution is -0.159. The molecule has 1 fully saturated rings. The van der Waals surface area contributed by atoms with E-state index in [9.17, 15) is 9.90 Å². The van der Waals surface area contributed by atoms with Crippen molar-refractivity contribution in [1.29, 1.82) is 0 Å². The second-order valence-corrected chi connectivity index (χ2v) is 8.29. The fraction of sp³-hybridized carbons (Fsp3) is 0.417. The Balaban J connectivity index is 1.58. The maximum absolute atomic E-state index is 11.9. The molecule has 3 aliphatic heterocycles. The lowest BCUT2D eigenvalue weighted by Crippen LogP contribution is -2.59. The van der Waals surface area contributed by atoms with Gasteiger partial charge in [-0.05, 0) is 25.1 Å². The maximum Gasteiger partial charge on any atom is 0.219 e. The summed E-state index contributed by atoms with van der Waals surface area (Å²) in [7, 11) is 0. The molecule has 7 heteroatoms. The summed E-state index contributed by atoms with van der Waals surface area (Å²) >= 11 is 0. The number of likely N-dealkylation sites (tertiary alicyclic amines) is 1. The van der Waals surface area contributed by atoms with Crippen LogP contribution in [0.4, 0.5) is 0 Å². The number of benzene rings is 2. The zero-order chi connectivity index (χ0) is 21.6. The first kappa shape index (κ1) is 19.7. The Morgan fingerprint density at radius 3 is 2.71 bits per heavy atom. The van der Waals surface area contributed by atoms with E-state index in [2.05, 4.69) is 11.1 Å². The molecule has 7 nitrogen and oxygen atoms in total.